The molecule has 4 nitrogen and oxygen atoms in total. The van der Waals surface area contributed by atoms with Gasteiger partial charge in [-0.3, -0.25) is 0 Å². The van der Waals surface area contributed by atoms with Crippen molar-refractivity contribution >= 4 is 10.0 Å². The van der Waals surface area contributed by atoms with E-state index in [1.54, 1.807) is 7.05 Å². The third-order valence-corrected chi connectivity index (χ3v) is 3.86. The standard InChI is InChI=1S/C7H16N2O2S/c1-7(2)6-9(3)12(10,11)5-4-8-7/h8H,4-6H2,1-3H3. The van der Waals surface area contributed by atoms with E-state index < -0.39 is 10.0 Å². The number of sulfonamides is 1. The summed E-state index contributed by atoms with van der Waals surface area (Å²) in [6.07, 6.45) is 0. The van der Waals surface area contributed by atoms with Gasteiger partial charge in [-0.05, 0) is 13.8 Å². The largest absolute Gasteiger partial charge is 0.309 e. The molecule has 0 aromatic rings. The van der Waals surface area contributed by atoms with Crippen LogP contribution in [0.2, 0.25) is 0 Å². The summed E-state index contributed by atoms with van der Waals surface area (Å²) in [4.78, 5) is 0. The van der Waals surface area contributed by atoms with Crippen LogP contribution in [0.15, 0.2) is 0 Å². The molecular formula is C7H16N2O2S. The van der Waals surface area contributed by atoms with Crippen molar-refractivity contribution in [3.05, 3.63) is 0 Å². The summed E-state index contributed by atoms with van der Waals surface area (Å²) in [6.45, 7) is 5.09. The molecule has 0 radical (unpaired) electrons. The molecule has 0 saturated carbocycles. The molecule has 5 heteroatoms. The molecule has 1 rings (SSSR count). The lowest BCUT2D eigenvalue weighted by molar-refractivity contribution is 0.332. The van der Waals surface area contributed by atoms with Crippen molar-refractivity contribution in [1.29, 1.82) is 0 Å². The molecule has 1 aliphatic heterocycles. The van der Waals surface area contributed by atoms with Gasteiger partial charge in [-0.1, -0.05) is 0 Å². The van der Waals surface area contributed by atoms with E-state index in [-0.39, 0.29) is 11.3 Å². The van der Waals surface area contributed by atoms with Gasteiger partial charge in [0.1, 0.15) is 0 Å². The Morgan fingerprint density at radius 3 is 2.58 bits per heavy atom. The highest BCUT2D eigenvalue weighted by atomic mass is 32.2. The molecule has 1 saturated heterocycles. The van der Waals surface area contributed by atoms with Crippen LogP contribution >= 0.6 is 0 Å². The molecule has 0 bridgehead atoms. The Morgan fingerprint density at radius 2 is 2.00 bits per heavy atom. The van der Waals surface area contributed by atoms with Crippen LogP contribution in [0.5, 0.6) is 0 Å². The Hall–Kier alpha value is -0.130. The topological polar surface area (TPSA) is 49.4 Å². The predicted octanol–water partition coefficient (Wildman–Crippen LogP) is -0.370. The van der Waals surface area contributed by atoms with E-state index in [0.29, 0.717) is 13.1 Å². The SMILES string of the molecule is CN1CC(C)(C)NCCS1(=O)=O. The van der Waals surface area contributed by atoms with Crippen LogP contribution in [0, 0.1) is 0 Å². The summed E-state index contributed by atoms with van der Waals surface area (Å²) in [5.41, 5.74) is -0.113. The maximum Gasteiger partial charge on any atom is 0.215 e. The molecule has 0 aromatic carbocycles. The number of hydrogen-bond acceptors (Lipinski definition) is 3. The average Bonchev–Trinajstić information content (AvgIpc) is 1.90. The van der Waals surface area contributed by atoms with Crippen LogP contribution in [-0.2, 0) is 10.0 Å². The fourth-order valence-electron chi connectivity index (χ4n) is 1.39. The Morgan fingerprint density at radius 1 is 1.42 bits per heavy atom. The van der Waals surface area contributed by atoms with Crippen molar-refractivity contribution in [2.75, 3.05) is 25.9 Å². The molecule has 1 N–H and O–H groups in total. The average molecular weight is 192 g/mol. The predicted molar refractivity (Wildman–Crippen MR) is 48.5 cm³/mol. The quantitative estimate of drug-likeness (QED) is 0.569. The minimum atomic E-state index is -3.00. The molecule has 0 atom stereocenters. The van der Waals surface area contributed by atoms with Crippen molar-refractivity contribution in [3.8, 4) is 0 Å². The van der Waals surface area contributed by atoms with Crippen molar-refractivity contribution in [2.24, 2.45) is 0 Å². The van der Waals surface area contributed by atoms with Gasteiger partial charge in [0.05, 0.1) is 5.75 Å². The first-order chi connectivity index (χ1) is 5.33. The highest BCUT2D eigenvalue weighted by Crippen LogP contribution is 2.11. The lowest BCUT2D eigenvalue weighted by Gasteiger charge is -2.26. The second-order valence-corrected chi connectivity index (χ2v) is 6.08. The van der Waals surface area contributed by atoms with Gasteiger partial charge < -0.3 is 5.32 Å². The smallest absolute Gasteiger partial charge is 0.215 e. The van der Waals surface area contributed by atoms with Gasteiger partial charge >= 0.3 is 0 Å². The fourth-order valence-corrected chi connectivity index (χ4v) is 2.58. The number of likely N-dealkylation sites (N-methyl/N-ethyl adjacent to an activating group) is 1. The van der Waals surface area contributed by atoms with Gasteiger partial charge in [0.2, 0.25) is 10.0 Å². The molecular weight excluding hydrogens is 176 g/mol. The van der Waals surface area contributed by atoms with E-state index in [1.165, 1.54) is 4.31 Å². The molecule has 0 aromatic heterocycles. The van der Waals surface area contributed by atoms with E-state index in [0.717, 1.165) is 0 Å². The maximum absolute atomic E-state index is 11.4. The summed E-state index contributed by atoms with van der Waals surface area (Å²) < 4.78 is 24.2. The van der Waals surface area contributed by atoms with E-state index in [1.807, 2.05) is 13.8 Å². The van der Waals surface area contributed by atoms with Crippen molar-refractivity contribution in [1.82, 2.24) is 9.62 Å². The molecule has 1 aliphatic rings. The van der Waals surface area contributed by atoms with Gasteiger partial charge in [-0.15, -0.1) is 0 Å². The maximum atomic E-state index is 11.4. The highest BCUT2D eigenvalue weighted by molar-refractivity contribution is 7.89. The second kappa shape index (κ2) is 2.97. The number of nitrogens with one attached hydrogen (secondary N) is 1. The molecule has 1 fully saturated rings. The molecule has 72 valence electrons. The van der Waals surface area contributed by atoms with Crippen LogP contribution in [0.3, 0.4) is 0 Å². The third-order valence-electron chi connectivity index (χ3n) is 2.06. The molecule has 1 heterocycles. The first kappa shape index (κ1) is 9.95. The minimum Gasteiger partial charge on any atom is -0.309 e. The molecule has 0 unspecified atom stereocenters. The monoisotopic (exact) mass is 192 g/mol. The molecule has 0 amide bonds. The van der Waals surface area contributed by atoms with Gasteiger partial charge in [0.15, 0.2) is 0 Å². The summed E-state index contributed by atoms with van der Waals surface area (Å²) in [6, 6.07) is 0. The zero-order chi connectivity index (χ0) is 9.41. The Bertz CT molecular complexity index is 259. The van der Waals surface area contributed by atoms with Crippen LogP contribution in [0.1, 0.15) is 13.8 Å². The van der Waals surface area contributed by atoms with Crippen LogP contribution in [0.25, 0.3) is 0 Å². The Labute approximate surface area is 74.0 Å². The number of hydrogen-bond donors (Lipinski definition) is 1. The number of nitrogens with zero attached hydrogens (tertiary/aromatic N) is 1. The first-order valence-electron chi connectivity index (χ1n) is 4.03. The summed E-state index contributed by atoms with van der Waals surface area (Å²) in [7, 11) is -1.37. The van der Waals surface area contributed by atoms with Gasteiger partial charge in [-0.2, -0.15) is 0 Å². The fraction of sp³-hybridized carbons (Fsp3) is 1.00. The van der Waals surface area contributed by atoms with Crippen LogP contribution < -0.4 is 5.32 Å². The van der Waals surface area contributed by atoms with E-state index in [9.17, 15) is 8.42 Å². The van der Waals surface area contributed by atoms with Crippen molar-refractivity contribution in [3.63, 3.8) is 0 Å². The van der Waals surface area contributed by atoms with E-state index in [4.69, 9.17) is 0 Å². The van der Waals surface area contributed by atoms with Gasteiger partial charge in [-0.25, -0.2) is 12.7 Å². The van der Waals surface area contributed by atoms with E-state index in [2.05, 4.69) is 5.32 Å². The highest BCUT2D eigenvalue weighted by Gasteiger charge is 2.29. The van der Waals surface area contributed by atoms with Crippen molar-refractivity contribution in [2.45, 2.75) is 19.4 Å². The lowest BCUT2D eigenvalue weighted by atomic mass is 10.1. The Balaban J connectivity index is 2.84. The summed E-state index contributed by atoms with van der Waals surface area (Å²) in [5, 5.41) is 3.19. The summed E-state index contributed by atoms with van der Waals surface area (Å²) >= 11 is 0. The molecule has 12 heavy (non-hydrogen) atoms. The van der Waals surface area contributed by atoms with Gasteiger partial charge in [0.25, 0.3) is 0 Å². The first-order valence-corrected chi connectivity index (χ1v) is 5.63. The summed E-state index contributed by atoms with van der Waals surface area (Å²) in [5.74, 6) is 0.201. The normalized spacial score (nSPS) is 29.6. The van der Waals surface area contributed by atoms with E-state index >= 15 is 0 Å². The molecule has 0 aliphatic carbocycles. The molecule has 0 spiro atoms. The number of rotatable bonds is 0. The third kappa shape index (κ3) is 2.18. The van der Waals surface area contributed by atoms with Crippen LogP contribution in [0.4, 0.5) is 0 Å². The van der Waals surface area contributed by atoms with Gasteiger partial charge in [0, 0.05) is 25.7 Å². The second-order valence-electron chi connectivity index (χ2n) is 3.88. The zero-order valence-corrected chi connectivity index (χ0v) is 8.61. The zero-order valence-electron chi connectivity index (χ0n) is 7.79. The lowest BCUT2D eigenvalue weighted by Crippen LogP contribution is -2.45. The van der Waals surface area contributed by atoms with Crippen molar-refractivity contribution < 1.29 is 8.42 Å². The minimum absolute atomic E-state index is 0.113. The van der Waals surface area contributed by atoms with Crippen LogP contribution in [-0.4, -0.2) is 44.2 Å². The Kier molecular flexibility index (Phi) is 2.47.